The number of hydrogen-bond donors (Lipinski definition) is 1. The van der Waals surface area contributed by atoms with Gasteiger partial charge in [0.05, 0.1) is 6.10 Å². The van der Waals surface area contributed by atoms with Crippen LogP contribution in [0.15, 0.2) is 22.7 Å². The minimum absolute atomic E-state index is 0.0115. The standard InChI is InChI=1S/C15H18BrNO4/c1-2-12-11-9-10(16)3-4-13(11)21-15(20-12)5-7-17(8-6-15)14(18)19/h3-4,9,12H,2,5-8H2,1H3,(H,18,19). The minimum Gasteiger partial charge on any atom is -0.465 e. The van der Waals surface area contributed by atoms with Crippen molar-refractivity contribution in [2.45, 2.75) is 38.1 Å². The van der Waals surface area contributed by atoms with Crippen LogP contribution in [0, 0.1) is 0 Å². The van der Waals surface area contributed by atoms with E-state index in [2.05, 4.69) is 22.9 Å². The molecule has 3 rings (SSSR count). The van der Waals surface area contributed by atoms with Crippen molar-refractivity contribution in [3.63, 3.8) is 0 Å². The maximum Gasteiger partial charge on any atom is 0.407 e. The molecular formula is C15H18BrNO4. The lowest BCUT2D eigenvalue weighted by Crippen LogP contribution is -2.53. The third-order valence-electron chi connectivity index (χ3n) is 4.14. The highest BCUT2D eigenvalue weighted by atomic mass is 79.9. The van der Waals surface area contributed by atoms with Crippen molar-refractivity contribution < 1.29 is 19.4 Å². The molecule has 1 aromatic rings. The van der Waals surface area contributed by atoms with Gasteiger partial charge < -0.3 is 19.5 Å². The monoisotopic (exact) mass is 355 g/mol. The summed E-state index contributed by atoms with van der Waals surface area (Å²) in [6.07, 6.45) is 1.09. The molecule has 2 heterocycles. The molecule has 0 bridgehead atoms. The number of fused-ring (bicyclic) bond motifs is 1. The maximum absolute atomic E-state index is 11.0. The van der Waals surface area contributed by atoms with Gasteiger partial charge in [-0.2, -0.15) is 0 Å². The topological polar surface area (TPSA) is 59.0 Å². The first-order valence-electron chi connectivity index (χ1n) is 7.17. The summed E-state index contributed by atoms with van der Waals surface area (Å²) in [5, 5.41) is 9.05. The molecule has 1 unspecified atom stereocenters. The average molecular weight is 356 g/mol. The van der Waals surface area contributed by atoms with Gasteiger partial charge in [-0.15, -0.1) is 0 Å². The van der Waals surface area contributed by atoms with E-state index in [1.54, 1.807) is 0 Å². The van der Waals surface area contributed by atoms with E-state index in [9.17, 15) is 4.79 Å². The molecule has 6 heteroatoms. The van der Waals surface area contributed by atoms with Gasteiger partial charge in [0.1, 0.15) is 5.75 Å². The SMILES string of the molecule is CCC1OC2(CCN(C(=O)O)CC2)Oc2ccc(Br)cc21. The highest BCUT2D eigenvalue weighted by Gasteiger charge is 2.44. The van der Waals surface area contributed by atoms with Crippen LogP contribution in [-0.2, 0) is 4.74 Å². The number of halogens is 1. The van der Waals surface area contributed by atoms with Crippen LogP contribution in [0.1, 0.15) is 37.9 Å². The summed E-state index contributed by atoms with van der Waals surface area (Å²) in [4.78, 5) is 12.4. The zero-order valence-corrected chi connectivity index (χ0v) is 13.4. The molecule has 1 amide bonds. The van der Waals surface area contributed by atoms with Crippen molar-refractivity contribution in [2.75, 3.05) is 13.1 Å². The number of hydrogen-bond acceptors (Lipinski definition) is 3. The van der Waals surface area contributed by atoms with E-state index in [1.807, 2.05) is 18.2 Å². The van der Waals surface area contributed by atoms with Gasteiger partial charge in [0.2, 0.25) is 5.79 Å². The molecule has 0 saturated carbocycles. The summed E-state index contributed by atoms with van der Waals surface area (Å²) >= 11 is 3.48. The number of carboxylic acid groups (broad SMARTS) is 1. The van der Waals surface area contributed by atoms with Crippen molar-refractivity contribution in [3.05, 3.63) is 28.2 Å². The number of ether oxygens (including phenoxy) is 2. The number of rotatable bonds is 1. The number of nitrogens with zero attached hydrogens (tertiary/aromatic N) is 1. The molecule has 0 aliphatic carbocycles. The third kappa shape index (κ3) is 2.74. The maximum atomic E-state index is 11.0. The fourth-order valence-corrected chi connectivity index (χ4v) is 3.35. The zero-order valence-electron chi connectivity index (χ0n) is 11.8. The Morgan fingerprint density at radius 3 is 2.81 bits per heavy atom. The molecule has 114 valence electrons. The second-order valence-electron chi connectivity index (χ2n) is 5.48. The quantitative estimate of drug-likeness (QED) is 0.832. The van der Waals surface area contributed by atoms with Crippen molar-refractivity contribution in [1.82, 2.24) is 4.90 Å². The fraction of sp³-hybridized carbons (Fsp3) is 0.533. The Morgan fingerprint density at radius 2 is 2.19 bits per heavy atom. The second-order valence-corrected chi connectivity index (χ2v) is 6.39. The van der Waals surface area contributed by atoms with Crippen LogP contribution in [0.3, 0.4) is 0 Å². The van der Waals surface area contributed by atoms with E-state index in [0.29, 0.717) is 25.9 Å². The molecular weight excluding hydrogens is 338 g/mol. The van der Waals surface area contributed by atoms with Crippen molar-refractivity contribution in [2.24, 2.45) is 0 Å². The molecule has 1 saturated heterocycles. The van der Waals surface area contributed by atoms with Gasteiger partial charge in [-0.05, 0) is 24.6 Å². The first-order valence-corrected chi connectivity index (χ1v) is 7.96. The normalized spacial score (nSPS) is 23.5. The molecule has 1 spiro atoms. The molecule has 1 atom stereocenters. The molecule has 5 nitrogen and oxygen atoms in total. The number of benzene rings is 1. The van der Waals surface area contributed by atoms with Crippen LogP contribution in [0.4, 0.5) is 4.79 Å². The highest BCUT2D eigenvalue weighted by molar-refractivity contribution is 9.10. The van der Waals surface area contributed by atoms with Crippen molar-refractivity contribution >= 4 is 22.0 Å². The van der Waals surface area contributed by atoms with Crippen molar-refractivity contribution in [1.29, 1.82) is 0 Å². The molecule has 2 aliphatic heterocycles. The Morgan fingerprint density at radius 1 is 1.48 bits per heavy atom. The van der Waals surface area contributed by atoms with E-state index in [1.165, 1.54) is 4.90 Å². The summed E-state index contributed by atoms with van der Waals surface area (Å²) in [6.45, 7) is 2.97. The van der Waals surface area contributed by atoms with E-state index >= 15 is 0 Å². The Hall–Kier alpha value is -1.27. The van der Waals surface area contributed by atoms with Gasteiger partial charge in [0.25, 0.3) is 0 Å². The first-order chi connectivity index (χ1) is 10.0. The van der Waals surface area contributed by atoms with Crippen LogP contribution in [0.2, 0.25) is 0 Å². The molecule has 1 aromatic carbocycles. The summed E-state index contributed by atoms with van der Waals surface area (Å²) in [5.74, 6) is 0.160. The predicted octanol–water partition coefficient (Wildman–Crippen LogP) is 3.78. The van der Waals surface area contributed by atoms with Gasteiger partial charge in [0.15, 0.2) is 0 Å². The smallest absolute Gasteiger partial charge is 0.407 e. The summed E-state index contributed by atoms with van der Waals surface area (Å²) in [7, 11) is 0. The Labute approximate surface area is 132 Å². The van der Waals surface area contributed by atoms with Crippen LogP contribution in [-0.4, -0.2) is 35.0 Å². The van der Waals surface area contributed by atoms with Gasteiger partial charge >= 0.3 is 6.09 Å². The number of likely N-dealkylation sites (tertiary alicyclic amines) is 1. The van der Waals surface area contributed by atoms with E-state index in [0.717, 1.165) is 22.2 Å². The lowest BCUT2D eigenvalue weighted by Gasteiger charge is -2.46. The summed E-state index contributed by atoms with van der Waals surface area (Å²) < 4.78 is 13.3. The van der Waals surface area contributed by atoms with Crippen LogP contribution in [0.25, 0.3) is 0 Å². The van der Waals surface area contributed by atoms with Crippen LogP contribution < -0.4 is 4.74 Å². The molecule has 1 fully saturated rings. The first kappa shape index (κ1) is 14.7. The molecule has 0 radical (unpaired) electrons. The van der Waals surface area contributed by atoms with Crippen LogP contribution in [0.5, 0.6) is 5.75 Å². The Kier molecular flexibility index (Phi) is 3.84. The van der Waals surface area contributed by atoms with Crippen molar-refractivity contribution in [3.8, 4) is 5.75 Å². The largest absolute Gasteiger partial charge is 0.465 e. The number of amides is 1. The van der Waals surface area contributed by atoms with E-state index in [-0.39, 0.29) is 6.10 Å². The molecule has 2 aliphatic rings. The van der Waals surface area contributed by atoms with Gasteiger partial charge in [-0.25, -0.2) is 4.79 Å². The third-order valence-corrected chi connectivity index (χ3v) is 4.63. The van der Waals surface area contributed by atoms with E-state index in [4.69, 9.17) is 14.6 Å². The van der Waals surface area contributed by atoms with Gasteiger partial charge in [-0.3, -0.25) is 0 Å². The second kappa shape index (κ2) is 5.50. The lowest BCUT2D eigenvalue weighted by atomic mass is 9.98. The predicted molar refractivity (Wildman–Crippen MR) is 80.4 cm³/mol. The van der Waals surface area contributed by atoms with E-state index < -0.39 is 11.9 Å². The summed E-state index contributed by atoms with van der Waals surface area (Å²) in [5.41, 5.74) is 1.05. The fourth-order valence-electron chi connectivity index (χ4n) is 2.97. The number of carbonyl (C=O) groups is 1. The highest BCUT2D eigenvalue weighted by Crippen LogP contribution is 2.45. The molecule has 1 N–H and O–H groups in total. The number of piperidine rings is 1. The lowest BCUT2D eigenvalue weighted by molar-refractivity contribution is -0.248. The zero-order chi connectivity index (χ0) is 15.0. The molecule has 0 aromatic heterocycles. The Bertz CT molecular complexity index is 555. The summed E-state index contributed by atoms with van der Waals surface area (Å²) in [6, 6.07) is 5.94. The Balaban J connectivity index is 1.84. The van der Waals surface area contributed by atoms with Gasteiger partial charge in [0, 0.05) is 36.0 Å². The van der Waals surface area contributed by atoms with Gasteiger partial charge in [-0.1, -0.05) is 22.9 Å². The minimum atomic E-state index is -0.878. The average Bonchev–Trinajstić information content (AvgIpc) is 2.47. The molecule has 21 heavy (non-hydrogen) atoms. The van der Waals surface area contributed by atoms with Crippen LogP contribution >= 0.6 is 15.9 Å².